The molecule has 0 unspecified atom stereocenters. The van der Waals surface area contributed by atoms with Gasteiger partial charge in [-0.2, -0.15) is 9.78 Å². The van der Waals surface area contributed by atoms with Gasteiger partial charge < -0.3 is 15.0 Å². The highest BCUT2D eigenvalue weighted by Gasteiger charge is 2.38. The van der Waals surface area contributed by atoms with Gasteiger partial charge in [0.25, 0.3) is 0 Å². The fraction of sp³-hybridized carbons (Fsp3) is 0.464. The minimum Gasteiger partial charge on any atom is -0.444 e. The Morgan fingerprint density at radius 2 is 1.95 bits per heavy atom. The molecule has 0 spiro atoms. The van der Waals surface area contributed by atoms with E-state index in [1.807, 2.05) is 58.0 Å². The van der Waals surface area contributed by atoms with E-state index >= 15 is 0 Å². The number of aromatic nitrogens is 3. The molecule has 1 saturated heterocycles. The van der Waals surface area contributed by atoms with Gasteiger partial charge in [-0.15, -0.1) is 5.10 Å². The highest BCUT2D eigenvalue weighted by molar-refractivity contribution is 5.91. The van der Waals surface area contributed by atoms with Gasteiger partial charge in [-0.3, -0.25) is 9.63 Å². The summed E-state index contributed by atoms with van der Waals surface area (Å²) in [5.41, 5.74) is 2.32. The molecule has 11 nitrogen and oxygen atoms in total. The molecule has 1 atom stereocenters. The van der Waals surface area contributed by atoms with Crippen molar-refractivity contribution in [1.82, 2.24) is 25.0 Å². The molecule has 39 heavy (non-hydrogen) atoms. The average Bonchev–Trinajstić information content (AvgIpc) is 3.50. The van der Waals surface area contributed by atoms with Crippen molar-refractivity contribution < 1.29 is 19.2 Å². The number of nitrogens with zero attached hydrogens (tertiary/aromatic N) is 6. The Bertz CT molecular complexity index is 1440. The van der Waals surface area contributed by atoms with E-state index in [0.29, 0.717) is 30.8 Å². The van der Waals surface area contributed by atoms with Crippen molar-refractivity contribution in [2.24, 2.45) is 5.41 Å². The summed E-state index contributed by atoms with van der Waals surface area (Å²) >= 11 is 0. The minimum atomic E-state index is -0.581. The van der Waals surface area contributed by atoms with Crippen LogP contribution in [0.15, 0.2) is 30.3 Å². The van der Waals surface area contributed by atoms with Crippen LogP contribution in [0, 0.1) is 23.7 Å². The van der Waals surface area contributed by atoms with Crippen molar-refractivity contribution in [1.29, 1.82) is 5.26 Å². The van der Waals surface area contributed by atoms with Crippen LogP contribution in [-0.2, 0) is 9.57 Å². The molecule has 11 heteroatoms. The summed E-state index contributed by atoms with van der Waals surface area (Å²) in [5.74, 6) is 0.137. The first-order chi connectivity index (χ1) is 18.4. The summed E-state index contributed by atoms with van der Waals surface area (Å²) < 4.78 is 7.02. The molecular formula is C28H35N7O4. The van der Waals surface area contributed by atoms with Crippen LogP contribution < -0.4 is 10.2 Å². The van der Waals surface area contributed by atoms with Gasteiger partial charge in [-0.05, 0) is 45.2 Å². The van der Waals surface area contributed by atoms with Gasteiger partial charge in [0.2, 0.25) is 5.82 Å². The highest BCUT2D eigenvalue weighted by atomic mass is 16.7. The molecule has 3 aromatic rings. The number of pyridine rings is 1. The zero-order chi connectivity index (χ0) is 28.5. The van der Waals surface area contributed by atoms with Crippen LogP contribution in [0.3, 0.4) is 0 Å². The number of anilines is 1. The fourth-order valence-corrected chi connectivity index (χ4v) is 4.83. The Hall–Kier alpha value is -4.17. The summed E-state index contributed by atoms with van der Waals surface area (Å²) in [5, 5.41) is 18.6. The number of carbonyl (C=O) groups excluding carboxylic acids is 2. The summed E-state index contributed by atoms with van der Waals surface area (Å²) in [6, 6.07) is 12.1. The van der Waals surface area contributed by atoms with Crippen LogP contribution in [0.4, 0.5) is 10.6 Å². The smallest absolute Gasteiger partial charge is 0.407 e. The Labute approximate surface area is 228 Å². The molecule has 1 N–H and O–H groups in total. The quantitative estimate of drug-likeness (QED) is 0.472. The van der Waals surface area contributed by atoms with Crippen molar-refractivity contribution in [3.63, 3.8) is 0 Å². The third-order valence-corrected chi connectivity index (χ3v) is 6.85. The second kappa shape index (κ2) is 10.5. The highest BCUT2D eigenvalue weighted by Crippen LogP contribution is 2.41. The molecule has 0 radical (unpaired) electrons. The molecule has 0 aliphatic carbocycles. The summed E-state index contributed by atoms with van der Waals surface area (Å²) in [7, 11) is 2.86. The Kier molecular flexibility index (Phi) is 7.52. The molecule has 1 aliphatic rings. The number of fused-ring (bicyclic) bond motifs is 1. The lowest BCUT2D eigenvalue weighted by Crippen LogP contribution is -2.40. The maximum Gasteiger partial charge on any atom is 0.407 e. The second-order valence-electron chi connectivity index (χ2n) is 11.2. The molecule has 0 bridgehead atoms. The van der Waals surface area contributed by atoms with Crippen molar-refractivity contribution in [2.75, 3.05) is 38.7 Å². The normalized spacial score (nSPS) is 17.2. The molecule has 1 fully saturated rings. The number of hydrogen-bond acceptors (Lipinski definition) is 8. The predicted octanol–water partition coefficient (Wildman–Crippen LogP) is 3.95. The van der Waals surface area contributed by atoms with E-state index in [-0.39, 0.29) is 11.2 Å². The number of alkyl carbamates (subject to hydrolysis) is 1. The maximum atomic E-state index is 12.9. The van der Waals surface area contributed by atoms with Gasteiger partial charge in [0.1, 0.15) is 23.1 Å². The van der Waals surface area contributed by atoms with E-state index in [4.69, 9.17) is 9.57 Å². The second-order valence-corrected chi connectivity index (χ2v) is 11.2. The zero-order valence-corrected chi connectivity index (χ0v) is 23.5. The van der Waals surface area contributed by atoms with Crippen LogP contribution in [-0.4, -0.2) is 71.1 Å². The Morgan fingerprint density at radius 1 is 1.26 bits per heavy atom. The van der Waals surface area contributed by atoms with Gasteiger partial charge >= 0.3 is 12.0 Å². The first kappa shape index (κ1) is 27.9. The molecule has 1 aliphatic heterocycles. The number of benzene rings is 1. The molecule has 3 heterocycles. The first-order valence-electron chi connectivity index (χ1n) is 12.8. The SMILES string of the molecule is CON(C)C(=O)c1nc2c(C#N)c(C)c(-c3ccccc3)c(N3CC[C@@](C)(CNC(=O)OC(C)(C)C)C3)n2n1. The molecule has 0 saturated carbocycles. The lowest BCUT2D eigenvalue weighted by Gasteiger charge is -2.28. The number of nitrogens with one attached hydrogen (secondary N) is 1. The topological polar surface area (TPSA) is 125 Å². The minimum absolute atomic E-state index is 0.0738. The first-order valence-corrected chi connectivity index (χ1v) is 12.8. The van der Waals surface area contributed by atoms with Crippen molar-refractivity contribution in [3.8, 4) is 17.2 Å². The van der Waals surface area contributed by atoms with Gasteiger partial charge in [-0.25, -0.2) is 14.8 Å². The van der Waals surface area contributed by atoms with E-state index in [2.05, 4.69) is 33.3 Å². The summed E-state index contributed by atoms with van der Waals surface area (Å²) in [6.45, 7) is 11.2. The monoisotopic (exact) mass is 533 g/mol. The fourth-order valence-electron chi connectivity index (χ4n) is 4.83. The third kappa shape index (κ3) is 5.66. The van der Waals surface area contributed by atoms with Crippen molar-refractivity contribution in [3.05, 3.63) is 47.3 Å². The zero-order valence-electron chi connectivity index (χ0n) is 23.5. The third-order valence-electron chi connectivity index (χ3n) is 6.85. The number of carbonyl (C=O) groups is 2. The van der Waals surface area contributed by atoms with E-state index in [1.165, 1.54) is 14.2 Å². The van der Waals surface area contributed by atoms with Gasteiger partial charge in [0.05, 0.1) is 7.11 Å². The molecule has 2 aromatic heterocycles. The molecule has 4 rings (SSSR count). The summed E-state index contributed by atoms with van der Waals surface area (Å²) in [4.78, 5) is 36.9. The van der Waals surface area contributed by atoms with Crippen molar-refractivity contribution >= 4 is 23.5 Å². The summed E-state index contributed by atoms with van der Waals surface area (Å²) in [6.07, 6.45) is 0.343. The lowest BCUT2D eigenvalue weighted by molar-refractivity contribution is -0.0764. The number of amides is 2. The van der Waals surface area contributed by atoms with Gasteiger partial charge in [0.15, 0.2) is 5.65 Å². The number of ether oxygens (including phenoxy) is 1. The van der Waals surface area contributed by atoms with Crippen LogP contribution in [0.1, 0.15) is 55.9 Å². The Balaban J connectivity index is 1.81. The standard InChI is InChI=1S/C28H35N7O4/c1-18-20(15-29)23-31-22(25(36)33(6)38-7)32-35(23)24(21(18)19-11-9-8-10-12-19)34-14-13-28(5,17-34)16-30-26(37)39-27(2,3)4/h8-12H,13-14,16-17H2,1-7H3,(H,30,37)/t28-/m0/s1. The number of hydroxylamine groups is 2. The number of nitriles is 1. The van der Waals surface area contributed by atoms with Crippen molar-refractivity contribution in [2.45, 2.75) is 46.6 Å². The molecular weight excluding hydrogens is 498 g/mol. The van der Waals surface area contributed by atoms with Crippen LogP contribution in [0.2, 0.25) is 0 Å². The van der Waals surface area contributed by atoms with Gasteiger partial charge in [-0.1, -0.05) is 37.3 Å². The van der Waals surface area contributed by atoms with E-state index in [0.717, 1.165) is 34.0 Å². The molecule has 2 amide bonds. The lowest BCUT2D eigenvalue weighted by atomic mass is 9.90. The molecule has 1 aromatic carbocycles. The van der Waals surface area contributed by atoms with E-state index in [9.17, 15) is 14.9 Å². The molecule has 206 valence electrons. The van der Waals surface area contributed by atoms with E-state index in [1.54, 1.807) is 4.52 Å². The van der Waals surface area contributed by atoms with Crippen LogP contribution >= 0.6 is 0 Å². The van der Waals surface area contributed by atoms with E-state index < -0.39 is 17.6 Å². The van der Waals surface area contributed by atoms with Crippen LogP contribution in [0.25, 0.3) is 16.8 Å². The average molecular weight is 534 g/mol. The van der Waals surface area contributed by atoms with Gasteiger partial charge in [0, 0.05) is 37.7 Å². The predicted molar refractivity (Wildman–Crippen MR) is 146 cm³/mol. The number of hydrogen-bond donors (Lipinski definition) is 1. The maximum absolute atomic E-state index is 12.9. The largest absolute Gasteiger partial charge is 0.444 e. The van der Waals surface area contributed by atoms with Crippen LogP contribution in [0.5, 0.6) is 0 Å². The Morgan fingerprint density at radius 3 is 2.56 bits per heavy atom. The number of rotatable bonds is 6.